The van der Waals surface area contributed by atoms with Crippen molar-refractivity contribution >= 4 is 23.1 Å². The summed E-state index contributed by atoms with van der Waals surface area (Å²) in [6, 6.07) is 13.3. The highest BCUT2D eigenvalue weighted by Gasteiger charge is 2.20. The van der Waals surface area contributed by atoms with Gasteiger partial charge in [-0.25, -0.2) is 0 Å². The first-order valence-corrected chi connectivity index (χ1v) is 6.99. The third kappa shape index (κ3) is 3.42. The van der Waals surface area contributed by atoms with E-state index in [0.717, 1.165) is 0 Å². The van der Waals surface area contributed by atoms with Crippen molar-refractivity contribution in [2.45, 2.75) is 12.2 Å². The van der Waals surface area contributed by atoms with Crippen LogP contribution in [0.25, 0.3) is 0 Å². The zero-order chi connectivity index (χ0) is 15.4. The Kier molecular flexibility index (Phi) is 4.96. The molecule has 0 fully saturated rings. The zero-order valence-corrected chi connectivity index (χ0v) is 12.0. The molecule has 0 bridgehead atoms. The molecule has 2 aromatic rings. The van der Waals surface area contributed by atoms with E-state index >= 15 is 0 Å². The van der Waals surface area contributed by atoms with Crippen LogP contribution in [0.15, 0.2) is 48.5 Å². The molecule has 21 heavy (non-hydrogen) atoms. The summed E-state index contributed by atoms with van der Waals surface area (Å²) < 4.78 is 0. The van der Waals surface area contributed by atoms with Crippen molar-refractivity contribution in [2.24, 2.45) is 0 Å². The Labute approximate surface area is 127 Å². The van der Waals surface area contributed by atoms with Gasteiger partial charge >= 0.3 is 0 Å². The lowest BCUT2D eigenvalue weighted by atomic mass is 9.96. The standard InChI is InChI=1S/C16H16ClNO3/c17-9-14(19)16(21)11-6-7-13(18)12(8-11)15(20)10-4-2-1-3-5-10/h1-8,14,16,19,21H,9,18H2. The Morgan fingerprint density at radius 1 is 1.14 bits per heavy atom. The molecule has 0 saturated heterocycles. The van der Waals surface area contributed by atoms with Gasteiger partial charge in [0, 0.05) is 16.8 Å². The minimum Gasteiger partial charge on any atom is -0.398 e. The van der Waals surface area contributed by atoms with E-state index in [1.807, 2.05) is 6.07 Å². The van der Waals surface area contributed by atoms with Gasteiger partial charge in [-0.1, -0.05) is 36.4 Å². The molecule has 2 rings (SSSR count). The number of anilines is 1. The molecule has 0 aliphatic heterocycles. The number of nitrogens with two attached hydrogens (primary N) is 1. The number of hydrogen-bond donors (Lipinski definition) is 3. The minimum absolute atomic E-state index is 0.104. The zero-order valence-electron chi connectivity index (χ0n) is 11.2. The fourth-order valence-electron chi connectivity index (χ4n) is 2.01. The van der Waals surface area contributed by atoms with Gasteiger partial charge in [0.15, 0.2) is 5.78 Å². The van der Waals surface area contributed by atoms with Crippen LogP contribution in [0.1, 0.15) is 27.6 Å². The largest absolute Gasteiger partial charge is 0.398 e. The summed E-state index contributed by atoms with van der Waals surface area (Å²) in [6.07, 6.45) is -2.26. The van der Waals surface area contributed by atoms with Crippen molar-refractivity contribution in [1.82, 2.24) is 0 Å². The summed E-state index contributed by atoms with van der Waals surface area (Å²) in [5.74, 6) is -0.337. The number of hydrogen-bond acceptors (Lipinski definition) is 4. The lowest BCUT2D eigenvalue weighted by Gasteiger charge is -2.17. The van der Waals surface area contributed by atoms with Crippen molar-refractivity contribution in [3.63, 3.8) is 0 Å². The second-order valence-electron chi connectivity index (χ2n) is 4.71. The quantitative estimate of drug-likeness (QED) is 0.449. The van der Waals surface area contributed by atoms with Gasteiger partial charge in [-0.3, -0.25) is 4.79 Å². The number of aliphatic hydroxyl groups is 2. The number of rotatable bonds is 5. The topological polar surface area (TPSA) is 83.6 Å². The van der Waals surface area contributed by atoms with Crippen molar-refractivity contribution in [2.75, 3.05) is 11.6 Å². The van der Waals surface area contributed by atoms with Gasteiger partial charge in [0.05, 0.1) is 12.0 Å². The van der Waals surface area contributed by atoms with Crippen LogP contribution < -0.4 is 5.73 Å². The van der Waals surface area contributed by atoms with Crippen LogP contribution in [0.2, 0.25) is 0 Å². The molecular weight excluding hydrogens is 290 g/mol. The maximum absolute atomic E-state index is 12.4. The van der Waals surface area contributed by atoms with E-state index in [2.05, 4.69) is 0 Å². The Hall–Kier alpha value is -1.88. The molecule has 4 nitrogen and oxygen atoms in total. The molecule has 0 aliphatic carbocycles. The van der Waals surface area contributed by atoms with Gasteiger partial charge in [0.2, 0.25) is 0 Å². The third-order valence-corrected chi connectivity index (χ3v) is 3.54. The number of benzene rings is 2. The van der Waals surface area contributed by atoms with Gasteiger partial charge in [-0.15, -0.1) is 11.6 Å². The van der Waals surface area contributed by atoms with Crippen LogP contribution in [0.4, 0.5) is 5.69 Å². The Morgan fingerprint density at radius 2 is 1.81 bits per heavy atom. The first-order chi connectivity index (χ1) is 10.0. The molecule has 2 unspecified atom stereocenters. The number of ketones is 1. The Balaban J connectivity index is 2.38. The molecule has 110 valence electrons. The van der Waals surface area contributed by atoms with Crippen LogP contribution in [-0.4, -0.2) is 28.0 Å². The highest BCUT2D eigenvalue weighted by atomic mass is 35.5. The highest BCUT2D eigenvalue weighted by molar-refractivity contribution is 6.18. The van der Waals surface area contributed by atoms with Crippen LogP contribution in [0.5, 0.6) is 0 Å². The van der Waals surface area contributed by atoms with Crippen LogP contribution in [0.3, 0.4) is 0 Å². The summed E-state index contributed by atoms with van der Waals surface area (Å²) in [6.45, 7) is 0. The fourth-order valence-corrected chi connectivity index (χ4v) is 2.17. The van der Waals surface area contributed by atoms with E-state index in [9.17, 15) is 15.0 Å². The molecule has 0 aromatic heterocycles. The maximum Gasteiger partial charge on any atom is 0.195 e. The van der Waals surface area contributed by atoms with Crippen LogP contribution in [0, 0.1) is 0 Å². The monoisotopic (exact) mass is 305 g/mol. The molecule has 0 heterocycles. The number of halogens is 1. The van der Waals surface area contributed by atoms with E-state index in [4.69, 9.17) is 17.3 Å². The normalized spacial score (nSPS) is 13.7. The lowest BCUT2D eigenvalue weighted by Crippen LogP contribution is -2.20. The molecule has 2 aromatic carbocycles. The smallest absolute Gasteiger partial charge is 0.195 e. The van der Waals surface area contributed by atoms with Crippen molar-refractivity contribution in [3.8, 4) is 0 Å². The SMILES string of the molecule is Nc1ccc(C(O)C(O)CCl)cc1C(=O)c1ccccc1. The first kappa shape index (κ1) is 15.5. The van der Waals surface area contributed by atoms with Gasteiger partial charge in [-0.05, 0) is 17.7 Å². The van der Waals surface area contributed by atoms with E-state index in [1.54, 1.807) is 30.3 Å². The summed E-state index contributed by atoms with van der Waals surface area (Å²) in [7, 11) is 0. The van der Waals surface area contributed by atoms with E-state index in [0.29, 0.717) is 22.4 Å². The minimum atomic E-state index is -1.16. The Bertz CT molecular complexity index is 631. The first-order valence-electron chi connectivity index (χ1n) is 6.46. The van der Waals surface area contributed by atoms with E-state index in [1.165, 1.54) is 12.1 Å². The summed E-state index contributed by atoms with van der Waals surface area (Å²) in [4.78, 5) is 12.4. The molecule has 0 radical (unpaired) electrons. The summed E-state index contributed by atoms with van der Waals surface area (Å²) in [5, 5.41) is 19.6. The molecule has 5 heteroatoms. The summed E-state index contributed by atoms with van der Waals surface area (Å²) >= 11 is 5.52. The third-order valence-electron chi connectivity index (χ3n) is 3.22. The van der Waals surface area contributed by atoms with Gasteiger partial charge < -0.3 is 15.9 Å². The fraction of sp³-hybridized carbons (Fsp3) is 0.188. The number of carbonyl (C=O) groups is 1. The summed E-state index contributed by atoms with van der Waals surface area (Å²) in [5.41, 5.74) is 7.36. The molecule has 0 amide bonds. The lowest BCUT2D eigenvalue weighted by molar-refractivity contribution is 0.0327. The average molecular weight is 306 g/mol. The maximum atomic E-state index is 12.4. The highest BCUT2D eigenvalue weighted by Crippen LogP contribution is 2.24. The average Bonchev–Trinajstić information content (AvgIpc) is 2.54. The second kappa shape index (κ2) is 6.72. The number of nitrogen functional groups attached to an aromatic ring is 1. The second-order valence-corrected chi connectivity index (χ2v) is 5.02. The van der Waals surface area contributed by atoms with Crippen LogP contribution >= 0.6 is 11.6 Å². The number of aliphatic hydroxyl groups excluding tert-OH is 2. The van der Waals surface area contributed by atoms with Crippen molar-refractivity contribution < 1.29 is 15.0 Å². The molecule has 0 saturated carbocycles. The molecule has 4 N–H and O–H groups in total. The van der Waals surface area contributed by atoms with Crippen molar-refractivity contribution in [1.29, 1.82) is 0 Å². The van der Waals surface area contributed by atoms with E-state index < -0.39 is 12.2 Å². The molecule has 0 spiro atoms. The van der Waals surface area contributed by atoms with Crippen molar-refractivity contribution in [3.05, 3.63) is 65.2 Å². The number of carbonyl (C=O) groups excluding carboxylic acids is 1. The van der Waals surface area contributed by atoms with Gasteiger partial charge in [-0.2, -0.15) is 0 Å². The predicted octanol–water partition coefficient (Wildman–Crippen LogP) is 2.13. The number of alkyl halides is 1. The van der Waals surface area contributed by atoms with Crippen LogP contribution in [-0.2, 0) is 0 Å². The molecule has 2 atom stereocenters. The van der Waals surface area contributed by atoms with Gasteiger partial charge in [0.25, 0.3) is 0 Å². The van der Waals surface area contributed by atoms with E-state index in [-0.39, 0.29) is 11.7 Å². The predicted molar refractivity (Wildman–Crippen MR) is 82.4 cm³/mol. The molecule has 0 aliphatic rings. The Morgan fingerprint density at radius 3 is 2.43 bits per heavy atom. The van der Waals surface area contributed by atoms with Gasteiger partial charge in [0.1, 0.15) is 6.10 Å². The molecular formula is C16H16ClNO3.